The van der Waals surface area contributed by atoms with Gasteiger partial charge in [0.25, 0.3) is 0 Å². The van der Waals surface area contributed by atoms with Gasteiger partial charge in [-0.3, -0.25) is 4.79 Å². The highest BCUT2D eigenvalue weighted by atomic mass is 31.1. The number of Topliss-reactive ketones (excluding diaryl/α,β-unsaturated/α-hetero) is 1. The zero-order valence-corrected chi connectivity index (χ0v) is 6.94. The van der Waals surface area contributed by atoms with Gasteiger partial charge in [0.1, 0.15) is 5.78 Å². The Labute approximate surface area is 63.4 Å². The van der Waals surface area contributed by atoms with Crippen molar-refractivity contribution in [1.29, 1.82) is 0 Å². The van der Waals surface area contributed by atoms with E-state index in [1.807, 2.05) is 0 Å². The van der Waals surface area contributed by atoms with Crippen LogP contribution in [0.4, 0.5) is 0 Å². The van der Waals surface area contributed by atoms with Gasteiger partial charge in [0.2, 0.25) is 0 Å². The number of rotatable bonds is 0. The van der Waals surface area contributed by atoms with E-state index in [0.29, 0.717) is 5.78 Å². The van der Waals surface area contributed by atoms with Gasteiger partial charge >= 0.3 is 0 Å². The molecule has 0 saturated carbocycles. The molecule has 1 radical (unpaired) electrons. The molecule has 0 aromatic carbocycles. The Kier molecular flexibility index (Phi) is 1.78. The van der Waals surface area contributed by atoms with Crippen molar-refractivity contribution in [1.82, 2.24) is 0 Å². The summed E-state index contributed by atoms with van der Waals surface area (Å²) in [4.78, 5) is 11.1. The van der Waals surface area contributed by atoms with E-state index in [1.54, 1.807) is 8.58 Å². The van der Waals surface area contributed by atoms with Gasteiger partial charge in [0.15, 0.2) is 0 Å². The average molecular weight is 155 g/mol. The highest BCUT2D eigenvalue weighted by Gasteiger charge is 2.30. The van der Waals surface area contributed by atoms with E-state index in [9.17, 15) is 4.79 Å². The van der Waals surface area contributed by atoms with Crippen LogP contribution in [0.15, 0.2) is 0 Å². The summed E-state index contributed by atoms with van der Waals surface area (Å²) < 4.78 is 0. The quantitative estimate of drug-likeness (QED) is 0.490. The minimum absolute atomic E-state index is 0.522. The summed E-state index contributed by atoms with van der Waals surface area (Å²) in [5.41, 5.74) is 1.50. The van der Waals surface area contributed by atoms with Crippen molar-refractivity contribution in [2.45, 2.75) is 43.4 Å². The zero-order chi connectivity index (χ0) is 6.97. The molecular weight excluding hydrogens is 143 g/mol. The maximum atomic E-state index is 11.1. The van der Waals surface area contributed by atoms with Crippen LogP contribution in [0, 0.1) is 0 Å². The van der Waals surface area contributed by atoms with Crippen LogP contribution in [0.1, 0.15) is 32.1 Å². The van der Waals surface area contributed by atoms with Gasteiger partial charge in [-0.25, -0.2) is 0 Å². The number of fused-ring (bicyclic) bond motifs is 2. The molecule has 2 aliphatic heterocycles. The predicted octanol–water partition coefficient (Wildman–Crippen LogP) is 2.22. The van der Waals surface area contributed by atoms with Crippen LogP contribution in [0.25, 0.3) is 0 Å². The Balaban J connectivity index is 2.05. The second kappa shape index (κ2) is 2.62. The lowest BCUT2D eigenvalue weighted by Crippen LogP contribution is -2.26. The first-order chi connectivity index (χ1) is 4.84. The van der Waals surface area contributed by atoms with Crippen LogP contribution in [-0.4, -0.2) is 17.1 Å². The molecule has 10 heavy (non-hydrogen) atoms. The number of carbonyl (C=O) groups is 1. The van der Waals surface area contributed by atoms with Gasteiger partial charge in [-0.15, -0.1) is 0 Å². The number of hydrogen-bond acceptors (Lipinski definition) is 1. The van der Waals surface area contributed by atoms with E-state index in [1.165, 1.54) is 19.3 Å². The molecule has 2 unspecified atom stereocenters. The normalized spacial score (nSPS) is 42.2. The number of carbonyl (C=O) groups excluding carboxylic acids is 1. The predicted molar refractivity (Wildman–Crippen MR) is 42.6 cm³/mol. The number of hydrogen-bond donors (Lipinski definition) is 0. The largest absolute Gasteiger partial charge is 0.300 e. The van der Waals surface area contributed by atoms with E-state index >= 15 is 0 Å². The molecular formula is C8H12OP. The van der Waals surface area contributed by atoms with Gasteiger partial charge < -0.3 is 0 Å². The minimum atomic E-state index is 0.522. The lowest BCUT2D eigenvalue weighted by molar-refractivity contribution is -0.119. The third-order valence-electron chi connectivity index (χ3n) is 2.42. The van der Waals surface area contributed by atoms with Crippen LogP contribution in [0.2, 0.25) is 0 Å². The highest BCUT2D eigenvalue weighted by Crippen LogP contribution is 2.44. The fourth-order valence-corrected chi connectivity index (χ4v) is 3.83. The lowest BCUT2D eigenvalue weighted by Gasteiger charge is -2.32. The molecule has 2 heteroatoms. The first-order valence-electron chi connectivity index (χ1n) is 4.06. The molecule has 2 rings (SSSR count). The third-order valence-corrected chi connectivity index (χ3v) is 4.15. The molecule has 2 bridgehead atoms. The van der Waals surface area contributed by atoms with E-state index < -0.39 is 0 Å². The summed E-state index contributed by atoms with van der Waals surface area (Å²) in [5, 5.41) is 0. The van der Waals surface area contributed by atoms with Crippen molar-refractivity contribution in [3.8, 4) is 0 Å². The summed E-state index contributed by atoms with van der Waals surface area (Å²) in [6.07, 6.45) is 5.76. The summed E-state index contributed by atoms with van der Waals surface area (Å²) >= 11 is 0. The molecule has 0 spiro atoms. The smallest absolute Gasteiger partial charge is 0.134 e. The highest BCUT2D eigenvalue weighted by molar-refractivity contribution is 7.40. The Morgan fingerprint density at radius 2 is 1.80 bits per heavy atom. The molecule has 0 amide bonds. The first kappa shape index (κ1) is 6.79. The summed E-state index contributed by atoms with van der Waals surface area (Å²) in [6, 6.07) is 0. The maximum Gasteiger partial charge on any atom is 0.134 e. The van der Waals surface area contributed by atoms with Crippen molar-refractivity contribution < 1.29 is 4.79 Å². The Morgan fingerprint density at radius 1 is 1.20 bits per heavy atom. The van der Waals surface area contributed by atoms with Gasteiger partial charge in [-0.2, -0.15) is 0 Å². The van der Waals surface area contributed by atoms with Crippen LogP contribution in [-0.2, 0) is 4.79 Å². The van der Waals surface area contributed by atoms with E-state index in [0.717, 1.165) is 24.2 Å². The summed E-state index contributed by atoms with van der Waals surface area (Å²) in [7, 11) is 1.59. The zero-order valence-electron chi connectivity index (χ0n) is 6.05. The van der Waals surface area contributed by atoms with Crippen molar-refractivity contribution in [2.24, 2.45) is 0 Å². The van der Waals surface area contributed by atoms with Crippen molar-refractivity contribution in [2.75, 3.05) is 0 Å². The van der Waals surface area contributed by atoms with Crippen LogP contribution >= 0.6 is 8.58 Å². The van der Waals surface area contributed by atoms with Crippen LogP contribution < -0.4 is 0 Å². The van der Waals surface area contributed by atoms with Gasteiger partial charge in [-0.1, -0.05) is 15.0 Å². The molecule has 2 saturated heterocycles. The summed E-state index contributed by atoms with van der Waals surface area (Å²) in [5.74, 6) is 0.522. The maximum absolute atomic E-state index is 11.1. The Morgan fingerprint density at radius 3 is 2.40 bits per heavy atom. The van der Waals surface area contributed by atoms with E-state index in [-0.39, 0.29) is 0 Å². The molecule has 55 valence electrons. The molecule has 0 aliphatic carbocycles. The number of ketones is 1. The van der Waals surface area contributed by atoms with E-state index in [4.69, 9.17) is 0 Å². The molecule has 0 aromatic rings. The Hall–Kier alpha value is 0.100. The van der Waals surface area contributed by atoms with Crippen molar-refractivity contribution in [3.63, 3.8) is 0 Å². The molecule has 2 heterocycles. The fourth-order valence-electron chi connectivity index (χ4n) is 1.95. The second-order valence-electron chi connectivity index (χ2n) is 3.33. The Bertz CT molecular complexity index is 141. The molecule has 0 aromatic heterocycles. The van der Waals surface area contributed by atoms with Gasteiger partial charge in [0.05, 0.1) is 0 Å². The molecule has 2 atom stereocenters. The monoisotopic (exact) mass is 155 g/mol. The van der Waals surface area contributed by atoms with Crippen LogP contribution in [0.5, 0.6) is 0 Å². The van der Waals surface area contributed by atoms with Gasteiger partial charge in [-0.05, 0) is 24.2 Å². The molecule has 0 N–H and O–H groups in total. The minimum Gasteiger partial charge on any atom is -0.300 e. The van der Waals surface area contributed by atoms with Gasteiger partial charge in [0, 0.05) is 12.8 Å². The molecule has 2 fully saturated rings. The van der Waals surface area contributed by atoms with Crippen molar-refractivity contribution in [3.05, 3.63) is 0 Å². The third kappa shape index (κ3) is 1.25. The van der Waals surface area contributed by atoms with Crippen LogP contribution in [0.3, 0.4) is 0 Å². The topological polar surface area (TPSA) is 17.1 Å². The summed E-state index contributed by atoms with van der Waals surface area (Å²) in [6.45, 7) is 0. The van der Waals surface area contributed by atoms with Crippen molar-refractivity contribution >= 4 is 14.4 Å². The molecule has 2 aliphatic rings. The lowest BCUT2D eigenvalue weighted by atomic mass is 9.98. The molecule has 1 nitrogen and oxygen atoms in total. The fraction of sp³-hybridized carbons (Fsp3) is 0.875. The van der Waals surface area contributed by atoms with E-state index in [2.05, 4.69) is 0 Å². The average Bonchev–Trinajstić information content (AvgIpc) is 1.85. The SMILES string of the molecule is O=C1CC2CCCC(C1)[P]2. The first-order valence-corrected chi connectivity index (χ1v) is 5.09. The standard InChI is InChI=1S/C8H12OP/c9-6-4-7-2-1-3-8(5-6)10-7/h7-8H,1-5H2. The second-order valence-corrected chi connectivity index (χ2v) is 5.09.